The van der Waals surface area contributed by atoms with Crippen molar-refractivity contribution in [3.63, 3.8) is 0 Å². The van der Waals surface area contributed by atoms with Crippen molar-refractivity contribution in [1.29, 1.82) is 0 Å². The molecule has 11 heteroatoms. The minimum absolute atomic E-state index is 0.0225. The van der Waals surface area contributed by atoms with E-state index in [0.29, 0.717) is 61.8 Å². The summed E-state index contributed by atoms with van der Waals surface area (Å²) in [6.45, 7) is 8.80. The normalized spacial score (nSPS) is 16.0. The predicted molar refractivity (Wildman–Crippen MR) is 153 cm³/mol. The molecule has 1 fully saturated rings. The van der Waals surface area contributed by atoms with Gasteiger partial charge in [-0.3, -0.25) is 14.4 Å². The summed E-state index contributed by atoms with van der Waals surface area (Å²) in [4.78, 5) is 43.7. The summed E-state index contributed by atoms with van der Waals surface area (Å²) < 4.78 is 27.5. The molecule has 1 saturated heterocycles. The molecule has 39 heavy (non-hydrogen) atoms. The molecule has 2 aromatic rings. The minimum atomic E-state index is -3.59. The Labute approximate surface area is 235 Å². The van der Waals surface area contributed by atoms with Crippen LogP contribution in [0.5, 0.6) is 0 Å². The third-order valence-electron chi connectivity index (χ3n) is 7.29. The first-order valence-electron chi connectivity index (χ1n) is 13.8. The fourth-order valence-corrected chi connectivity index (χ4v) is 7.97. The van der Waals surface area contributed by atoms with Gasteiger partial charge in [-0.25, -0.2) is 8.42 Å². The van der Waals surface area contributed by atoms with Gasteiger partial charge >= 0.3 is 0 Å². The van der Waals surface area contributed by atoms with Gasteiger partial charge in [0.1, 0.15) is 5.00 Å². The van der Waals surface area contributed by atoms with Crippen molar-refractivity contribution in [2.45, 2.75) is 70.7 Å². The lowest BCUT2D eigenvalue weighted by molar-refractivity contribution is -0.129. The Morgan fingerprint density at radius 2 is 1.62 bits per heavy atom. The standard InChI is InChI=1S/C28H38N4O5S2/c1-4-14-30(15-5-2)28(35)25-23-13-18-31(20(3)33)19-24(23)38-27(25)29-26(34)21-9-11-22(12-10-21)39(36,37)32-16-7-6-8-17-32/h9-12H,4-8,13-19H2,1-3H3,(H,29,34). The Morgan fingerprint density at radius 1 is 0.974 bits per heavy atom. The van der Waals surface area contributed by atoms with E-state index in [1.165, 1.54) is 46.8 Å². The zero-order chi connectivity index (χ0) is 28.2. The number of hydrogen-bond donors (Lipinski definition) is 1. The molecule has 0 radical (unpaired) electrons. The number of amides is 3. The number of piperidine rings is 1. The topological polar surface area (TPSA) is 107 Å². The van der Waals surface area contributed by atoms with E-state index in [1.54, 1.807) is 4.90 Å². The van der Waals surface area contributed by atoms with Crippen LogP contribution < -0.4 is 5.32 Å². The monoisotopic (exact) mass is 574 g/mol. The summed E-state index contributed by atoms with van der Waals surface area (Å²) in [6, 6.07) is 5.97. The second-order valence-corrected chi connectivity index (χ2v) is 13.2. The Hall–Kier alpha value is -2.76. The molecule has 3 heterocycles. The number of benzene rings is 1. The van der Waals surface area contributed by atoms with Crippen LogP contribution in [0.3, 0.4) is 0 Å². The number of nitrogens with one attached hydrogen (secondary N) is 1. The van der Waals surface area contributed by atoms with Gasteiger partial charge in [-0.2, -0.15) is 4.31 Å². The molecule has 0 spiro atoms. The van der Waals surface area contributed by atoms with E-state index in [0.717, 1.165) is 42.5 Å². The quantitative estimate of drug-likeness (QED) is 0.480. The van der Waals surface area contributed by atoms with E-state index in [1.807, 2.05) is 18.7 Å². The molecule has 2 aliphatic heterocycles. The molecule has 0 aliphatic carbocycles. The Balaban J connectivity index is 1.61. The van der Waals surface area contributed by atoms with Gasteiger partial charge in [0.05, 0.1) is 17.0 Å². The van der Waals surface area contributed by atoms with Crippen molar-refractivity contribution in [2.75, 3.05) is 38.0 Å². The zero-order valence-electron chi connectivity index (χ0n) is 23.0. The van der Waals surface area contributed by atoms with Crippen molar-refractivity contribution in [1.82, 2.24) is 14.1 Å². The number of nitrogens with zero attached hydrogens (tertiary/aromatic N) is 3. The van der Waals surface area contributed by atoms with E-state index < -0.39 is 15.9 Å². The van der Waals surface area contributed by atoms with E-state index in [4.69, 9.17) is 0 Å². The van der Waals surface area contributed by atoms with Gasteiger partial charge in [0.15, 0.2) is 0 Å². The van der Waals surface area contributed by atoms with Crippen LogP contribution in [0, 0.1) is 0 Å². The second kappa shape index (κ2) is 12.6. The van der Waals surface area contributed by atoms with Gasteiger partial charge in [0, 0.05) is 50.1 Å². The number of rotatable bonds is 9. The largest absolute Gasteiger partial charge is 0.339 e. The Kier molecular flexibility index (Phi) is 9.45. The van der Waals surface area contributed by atoms with Crippen LogP contribution >= 0.6 is 11.3 Å². The number of carbonyl (C=O) groups excluding carboxylic acids is 3. The van der Waals surface area contributed by atoms with Crippen LogP contribution in [0.25, 0.3) is 0 Å². The molecule has 2 aliphatic rings. The van der Waals surface area contributed by atoms with Gasteiger partial charge < -0.3 is 15.1 Å². The SMILES string of the molecule is CCCN(CCC)C(=O)c1c(NC(=O)c2ccc(S(=O)(=O)N3CCCCC3)cc2)sc2c1CCN(C(C)=O)C2. The van der Waals surface area contributed by atoms with Crippen LogP contribution in [-0.2, 0) is 27.8 Å². The molecular weight excluding hydrogens is 536 g/mol. The van der Waals surface area contributed by atoms with Gasteiger partial charge in [0.2, 0.25) is 15.9 Å². The van der Waals surface area contributed by atoms with Crippen LogP contribution in [0.4, 0.5) is 5.00 Å². The molecule has 0 saturated carbocycles. The van der Waals surface area contributed by atoms with Gasteiger partial charge in [-0.15, -0.1) is 11.3 Å². The van der Waals surface area contributed by atoms with Crippen LogP contribution in [0.2, 0.25) is 0 Å². The lowest BCUT2D eigenvalue weighted by Gasteiger charge is -2.27. The number of anilines is 1. The van der Waals surface area contributed by atoms with Gasteiger partial charge in [0.25, 0.3) is 11.8 Å². The van der Waals surface area contributed by atoms with Crippen molar-refractivity contribution in [3.8, 4) is 0 Å². The van der Waals surface area contributed by atoms with E-state index in [-0.39, 0.29) is 16.7 Å². The summed E-state index contributed by atoms with van der Waals surface area (Å²) in [6.07, 6.45) is 4.93. The Morgan fingerprint density at radius 3 is 2.21 bits per heavy atom. The molecule has 0 bridgehead atoms. The fraction of sp³-hybridized carbons (Fsp3) is 0.536. The number of hydrogen-bond acceptors (Lipinski definition) is 6. The molecule has 4 rings (SSSR count). The maximum Gasteiger partial charge on any atom is 0.257 e. The van der Waals surface area contributed by atoms with E-state index >= 15 is 0 Å². The predicted octanol–water partition coefficient (Wildman–Crippen LogP) is 4.34. The average molecular weight is 575 g/mol. The highest BCUT2D eigenvalue weighted by Crippen LogP contribution is 2.38. The van der Waals surface area contributed by atoms with Gasteiger partial charge in [-0.1, -0.05) is 20.3 Å². The summed E-state index contributed by atoms with van der Waals surface area (Å²) in [5.41, 5.74) is 1.72. The number of carbonyl (C=O) groups is 3. The minimum Gasteiger partial charge on any atom is -0.339 e. The van der Waals surface area contributed by atoms with Crippen molar-refractivity contribution in [2.24, 2.45) is 0 Å². The molecule has 1 aromatic carbocycles. The maximum atomic E-state index is 13.7. The molecule has 0 unspecified atom stereocenters. The van der Waals surface area contributed by atoms with Crippen LogP contribution in [-0.4, -0.2) is 73.0 Å². The number of thiophene rings is 1. The van der Waals surface area contributed by atoms with E-state index in [2.05, 4.69) is 5.32 Å². The van der Waals surface area contributed by atoms with Crippen LogP contribution in [0.15, 0.2) is 29.2 Å². The fourth-order valence-electron chi connectivity index (χ4n) is 5.21. The third kappa shape index (κ3) is 6.36. The first-order chi connectivity index (χ1) is 18.7. The molecule has 3 amide bonds. The number of sulfonamides is 1. The summed E-state index contributed by atoms with van der Waals surface area (Å²) in [5, 5.41) is 3.41. The average Bonchev–Trinajstić information content (AvgIpc) is 3.30. The number of fused-ring (bicyclic) bond motifs is 1. The molecule has 1 N–H and O–H groups in total. The molecule has 0 atom stereocenters. The lowest BCUT2D eigenvalue weighted by Crippen LogP contribution is -2.36. The highest BCUT2D eigenvalue weighted by molar-refractivity contribution is 7.89. The van der Waals surface area contributed by atoms with Crippen molar-refractivity contribution < 1.29 is 22.8 Å². The summed E-state index contributed by atoms with van der Waals surface area (Å²) in [7, 11) is -3.59. The molecular formula is C28H38N4O5S2. The summed E-state index contributed by atoms with van der Waals surface area (Å²) in [5.74, 6) is -0.540. The molecule has 1 aromatic heterocycles. The lowest BCUT2D eigenvalue weighted by atomic mass is 10.0. The molecule has 9 nitrogen and oxygen atoms in total. The third-order valence-corrected chi connectivity index (χ3v) is 10.3. The maximum absolute atomic E-state index is 13.7. The highest BCUT2D eigenvalue weighted by Gasteiger charge is 2.32. The van der Waals surface area contributed by atoms with Crippen molar-refractivity contribution >= 4 is 44.1 Å². The Bertz CT molecular complexity index is 1310. The van der Waals surface area contributed by atoms with Gasteiger partial charge in [-0.05, 0) is 61.9 Å². The first-order valence-corrected chi connectivity index (χ1v) is 16.0. The van der Waals surface area contributed by atoms with E-state index in [9.17, 15) is 22.8 Å². The smallest absolute Gasteiger partial charge is 0.257 e. The zero-order valence-corrected chi connectivity index (χ0v) is 24.6. The van der Waals surface area contributed by atoms with Crippen molar-refractivity contribution in [3.05, 3.63) is 45.8 Å². The molecule has 212 valence electrons. The van der Waals surface area contributed by atoms with Crippen LogP contribution in [0.1, 0.15) is 84.0 Å². The summed E-state index contributed by atoms with van der Waals surface area (Å²) >= 11 is 1.34. The second-order valence-electron chi connectivity index (χ2n) is 10.1. The first kappa shape index (κ1) is 29.2. The highest BCUT2D eigenvalue weighted by atomic mass is 32.2.